The van der Waals surface area contributed by atoms with Crippen LogP contribution in [0, 0.1) is 6.92 Å². The second-order valence-electron chi connectivity index (χ2n) is 4.92. The number of nitrogens with zero attached hydrogens (tertiary/aromatic N) is 2. The first-order valence-electron chi connectivity index (χ1n) is 5.53. The average Bonchev–Trinajstić information content (AvgIpc) is 2.57. The first-order valence-corrected chi connectivity index (χ1v) is 7.33. The van der Waals surface area contributed by atoms with E-state index in [1.54, 1.807) is 11.3 Å². The SMILES string of the molecule is Cc1nnc(CNC(C)CSC(C)(C)C)s1. The van der Waals surface area contributed by atoms with Gasteiger partial charge in [0.1, 0.15) is 10.0 Å². The number of rotatable bonds is 5. The predicted octanol–water partition coefficient (Wildman–Crippen LogP) is 2.86. The van der Waals surface area contributed by atoms with Gasteiger partial charge in [0.2, 0.25) is 0 Å². The van der Waals surface area contributed by atoms with Crippen LogP contribution in [0.2, 0.25) is 0 Å². The van der Waals surface area contributed by atoms with Crippen molar-refractivity contribution in [1.82, 2.24) is 15.5 Å². The van der Waals surface area contributed by atoms with Crippen LogP contribution in [0.3, 0.4) is 0 Å². The molecule has 0 radical (unpaired) electrons. The molecule has 1 atom stereocenters. The molecule has 1 aromatic heterocycles. The highest BCUT2D eigenvalue weighted by Crippen LogP contribution is 2.23. The van der Waals surface area contributed by atoms with E-state index in [0.29, 0.717) is 10.8 Å². The Balaban J connectivity index is 2.22. The summed E-state index contributed by atoms with van der Waals surface area (Å²) in [6.07, 6.45) is 0. The summed E-state index contributed by atoms with van der Waals surface area (Å²) in [7, 11) is 0. The summed E-state index contributed by atoms with van der Waals surface area (Å²) in [5.41, 5.74) is 0. The van der Waals surface area contributed by atoms with E-state index in [1.165, 1.54) is 0 Å². The van der Waals surface area contributed by atoms with Gasteiger partial charge in [-0.15, -0.1) is 21.5 Å². The molecule has 1 heterocycles. The smallest absolute Gasteiger partial charge is 0.131 e. The van der Waals surface area contributed by atoms with E-state index >= 15 is 0 Å². The Bertz CT molecular complexity index is 317. The van der Waals surface area contributed by atoms with E-state index in [0.717, 1.165) is 22.3 Å². The van der Waals surface area contributed by atoms with Gasteiger partial charge in [-0.2, -0.15) is 11.8 Å². The minimum Gasteiger partial charge on any atom is -0.307 e. The molecule has 0 bridgehead atoms. The predicted molar refractivity (Wildman–Crippen MR) is 73.2 cm³/mol. The van der Waals surface area contributed by atoms with Crippen molar-refractivity contribution in [3.8, 4) is 0 Å². The van der Waals surface area contributed by atoms with Crippen LogP contribution < -0.4 is 5.32 Å². The largest absolute Gasteiger partial charge is 0.307 e. The van der Waals surface area contributed by atoms with E-state index in [2.05, 4.69) is 43.2 Å². The molecule has 16 heavy (non-hydrogen) atoms. The van der Waals surface area contributed by atoms with Gasteiger partial charge in [-0.05, 0) is 13.8 Å². The molecule has 0 saturated heterocycles. The standard InChI is InChI=1S/C11H21N3S2/c1-8(7-15-11(3,4)5)12-6-10-14-13-9(2)16-10/h8,12H,6-7H2,1-5H3. The number of aryl methyl sites for hydroxylation is 1. The Kier molecular flexibility index (Phi) is 5.21. The molecule has 92 valence electrons. The van der Waals surface area contributed by atoms with Crippen LogP contribution >= 0.6 is 23.1 Å². The molecule has 1 N–H and O–H groups in total. The van der Waals surface area contributed by atoms with Crippen LogP contribution in [-0.2, 0) is 6.54 Å². The van der Waals surface area contributed by atoms with Crippen molar-refractivity contribution < 1.29 is 0 Å². The van der Waals surface area contributed by atoms with Crippen molar-refractivity contribution in [2.45, 2.75) is 52.0 Å². The lowest BCUT2D eigenvalue weighted by atomic mass is 10.3. The van der Waals surface area contributed by atoms with Crippen LogP contribution in [-0.4, -0.2) is 26.7 Å². The average molecular weight is 259 g/mol. The number of aromatic nitrogens is 2. The zero-order valence-corrected chi connectivity index (χ0v) is 12.3. The Labute approximate surface area is 106 Å². The molecule has 0 aliphatic rings. The number of thioether (sulfide) groups is 1. The highest BCUT2D eigenvalue weighted by atomic mass is 32.2. The normalized spacial score (nSPS) is 14.1. The van der Waals surface area contributed by atoms with Gasteiger partial charge in [-0.3, -0.25) is 0 Å². The maximum atomic E-state index is 4.10. The summed E-state index contributed by atoms with van der Waals surface area (Å²) in [6, 6.07) is 0.508. The van der Waals surface area contributed by atoms with Crippen molar-refractivity contribution in [3.05, 3.63) is 10.0 Å². The van der Waals surface area contributed by atoms with Crippen LogP contribution in [0.25, 0.3) is 0 Å². The monoisotopic (exact) mass is 259 g/mol. The minimum atomic E-state index is 0.343. The molecule has 1 aromatic rings. The van der Waals surface area contributed by atoms with Gasteiger partial charge in [-0.25, -0.2) is 0 Å². The zero-order chi connectivity index (χ0) is 12.2. The van der Waals surface area contributed by atoms with Gasteiger partial charge in [0.25, 0.3) is 0 Å². The second kappa shape index (κ2) is 5.98. The zero-order valence-electron chi connectivity index (χ0n) is 10.7. The van der Waals surface area contributed by atoms with Crippen molar-refractivity contribution in [2.24, 2.45) is 0 Å². The van der Waals surface area contributed by atoms with Gasteiger partial charge in [0, 0.05) is 23.1 Å². The van der Waals surface area contributed by atoms with Gasteiger partial charge >= 0.3 is 0 Å². The maximum absolute atomic E-state index is 4.10. The third-order valence-corrected chi connectivity index (χ3v) is 4.31. The molecule has 0 spiro atoms. The molecule has 3 nitrogen and oxygen atoms in total. The number of nitrogens with one attached hydrogen (secondary N) is 1. The van der Waals surface area contributed by atoms with Crippen molar-refractivity contribution in [2.75, 3.05) is 5.75 Å². The molecule has 1 rings (SSSR count). The first-order chi connectivity index (χ1) is 7.37. The highest BCUT2D eigenvalue weighted by Gasteiger charge is 2.13. The molecular formula is C11H21N3S2. The minimum absolute atomic E-state index is 0.343. The molecule has 0 amide bonds. The van der Waals surface area contributed by atoms with Gasteiger partial charge in [-0.1, -0.05) is 20.8 Å². The van der Waals surface area contributed by atoms with E-state index < -0.39 is 0 Å². The molecule has 5 heteroatoms. The van der Waals surface area contributed by atoms with Crippen molar-refractivity contribution in [1.29, 1.82) is 0 Å². The maximum Gasteiger partial charge on any atom is 0.131 e. The molecule has 0 aromatic carbocycles. The Morgan fingerprint density at radius 1 is 1.38 bits per heavy atom. The fourth-order valence-electron chi connectivity index (χ4n) is 1.10. The Morgan fingerprint density at radius 3 is 2.56 bits per heavy atom. The van der Waals surface area contributed by atoms with Gasteiger partial charge in [0.15, 0.2) is 0 Å². The Hall–Kier alpha value is -0.130. The summed E-state index contributed by atoms with van der Waals surface area (Å²) in [5, 5.41) is 13.7. The quantitative estimate of drug-likeness (QED) is 0.882. The van der Waals surface area contributed by atoms with Crippen molar-refractivity contribution in [3.63, 3.8) is 0 Å². The lowest BCUT2D eigenvalue weighted by Crippen LogP contribution is -2.29. The fourth-order valence-corrected chi connectivity index (χ4v) is 2.63. The molecule has 0 aliphatic heterocycles. The van der Waals surface area contributed by atoms with E-state index in [9.17, 15) is 0 Å². The van der Waals surface area contributed by atoms with Crippen LogP contribution in [0.4, 0.5) is 0 Å². The summed E-state index contributed by atoms with van der Waals surface area (Å²) in [4.78, 5) is 0. The van der Waals surface area contributed by atoms with Crippen LogP contribution in [0.15, 0.2) is 0 Å². The van der Waals surface area contributed by atoms with Gasteiger partial charge < -0.3 is 5.32 Å². The molecule has 0 fully saturated rings. The molecule has 0 saturated carbocycles. The van der Waals surface area contributed by atoms with E-state index in [4.69, 9.17) is 0 Å². The second-order valence-corrected chi connectivity index (χ2v) is 8.03. The summed E-state index contributed by atoms with van der Waals surface area (Å²) in [6.45, 7) is 11.8. The lowest BCUT2D eigenvalue weighted by molar-refractivity contribution is 0.589. The van der Waals surface area contributed by atoms with Crippen molar-refractivity contribution >= 4 is 23.1 Å². The fraction of sp³-hybridized carbons (Fsp3) is 0.818. The number of hydrogen-bond donors (Lipinski definition) is 1. The third-order valence-electron chi connectivity index (χ3n) is 1.94. The van der Waals surface area contributed by atoms with Crippen LogP contribution in [0.5, 0.6) is 0 Å². The van der Waals surface area contributed by atoms with Gasteiger partial charge in [0.05, 0.1) is 0 Å². The van der Waals surface area contributed by atoms with E-state index in [1.807, 2.05) is 18.7 Å². The molecule has 1 unspecified atom stereocenters. The summed E-state index contributed by atoms with van der Waals surface area (Å²) in [5.74, 6) is 1.13. The number of hydrogen-bond acceptors (Lipinski definition) is 5. The summed E-state index contributed by atoms with van der Waals surface area (Å²) >= 11 is 3.65. The summed E-state index contributed by atoms with van der Waals surface area (Å²) < 4.78 is 0.343. The highest BCUT2D eigenvalue weighted by molar-refractivity contribution is 8.00. The third kappa shape index (κ3) is 5.82. The topological polar surface area (TPSA) is 37.8 Å². The lowest BCUT2D eigenvalue weighted by Gasteiger charge is -2.21. The first kappa shape index (κ1) is 13.9. The molecule has 0 aliphatic carbocycles. The van der Waals surface area contributed by atoms with E-state index in [-0.39, 0.29) is 0 Å². The molecular weight excluding hydrogens is 238 g/mol. The van der Waals surface area contributed by atoms with Crippen LogP contribution in [0.1, 0.15) is 37.7 Å². The Morgan fingerprint density at radius 2 is 2.06 bits per heavy atom.